The summed E-state index contributed by atoms with van der Waals surface area (Å²) < 4.78 is 69.3. The molecule has 1 aromatic carbocycles. The minimum absolute atomic E-state index is 0.0137. The van der Waals surface area contributed by atoms with E-state index in [-0.39, 0.29) is 23.1 Å². The fourth-order valence-electron chi connectivity index (χ4n) is 3.80. The maximum atomic E-state index is 13.1. The highest BCUT2D eigenvalue weighted by molar-refractivity contribution is 7.91. The number of alkyl halides is 3. The van der Waals surface area contributed by atoms with Gasteiger partial charge in [0.2, 0.25) is 5.78 Å². The summed E-state index contributed by atoms with van der Waals surface area (Å²) in [5.74, 6) is -1.76. The SMILES string of the molecule is Cc1cc(C(=O)COC(=O)c2ccccc2C(F)(F)F)c(C)n1C1CCS(=O)(=O)C1. The number of carbonyl (C=O) groups is 2. The van der Waals surface area contributed by atoms with Crippen molar-refractivity contribution in [3.05, 3.63) is 58.4 Å². The van der Waals surface area contributed by atoms with Crippen LogP contribution in [0.15, 0.2) is 30.3 Å². The van der Waals surface area contributed by atoms with Gasteiger partial charge in [0.1, 0.15) is 0 Å². The first kappa shape index (κ1) is 22.1. The van der Waals surface area contributed by atoms with Crippen LogP contribution in [0.2, 0.25) is 0 Å². The van der Waals surface area contributed by atoms with Crippen molar-refractivity contribution < 1.29 is 35.9 Å². The smallest absolute Gasteiger partial charge is 0.417 e. The Hall–Kier alpha value is -2.62. The van der Waals surface area contributed by atoms with Gasteiger partial charge in [0.05, 0.1) is 22.6 Å². The number of benzene rings is 1. The lowest BCUT2D eigenvalue weighted by atomic mass is 10.1. The molecule has 1 aliphatic rings. The molecule has 6 nitrogen and oxygen atoms in total. The number of hydrogen-bond acceptors (Lipinski definition) is 5. The molecule has 1 aliphatic heterocycles. The molecule has 1 fully saturated rings. The molecule has 2 heterocycles. The Morgan fingerprint density at radius 2 is 1.83 bits per heavy atom. The van der Waals surface area contributed by atoms with Gasteiger partial charge in [-0.05, 0) is 38.5 Å². The number of ketones is 1. The number of nitrogens with zero attached hydrogens (tertiary/aromatic N) is 1. The molecule has 0 saturated carbocycles. The van der Waals surface area contributed by atoms with Crippen LogP contribution in [0, 0.1) is 13.8 Å². The third kappa shape index (κ3) is 4.43. The first-order chi connectivity index (χ1) is 13.9. The summed E-state index contributed by atoms with van der Waals surface area (Å²) >= 11 is 0. The van der Waals surface area contributed by atoms with Crippen molar-refractivity contribution in [2.24, 2.45) is 0 Å². The van der Waals surface area contributed by atoms with Crippen molar-refractivity contribution in [1.82, 2.24) is 4.57 Å². The molecule has 2 aromatic rings. The maximum Gasteiger partial charge on any atom is 0.417 e. The quantitative estimate of drug-likeness (QED) is 0.522. The lowest BCUT2D eigenvalue weighted by Crippen LogP contribution is -2.19. The Balaban J connectivity index is 1.75. The molecule has 0 N–H and O–H groups in total. The first-order valence-corrected chi connectivity index (χ1v) is 11.0. The van der Waals surface area contributed by atoms with Crippen molar-refractivity contribution in [3.8, 4) is 0 Å². The Bertz CT molecular complexity index is 1100. The van der Waals surface area contributed by atoms with E-state index in [0.717, 1.165) is 18.2 Å². The second-order valence-corrected chi connectivity index (χ2v) is 9.48. The number of ether oxygens (including phenoxy) is 1. The number of halogens is 3. The summed E-state index contributed by atoms with van der Waals surface area (Å²) in [7, 11) is -3.12. The summed E-state index contributed by atoms with van der Waals surface area (Å²) in [4.78, 5) is 24.7. The number of rotatable bonds is 5. The van der Waals surface area contributed by atoms with Crippen LogP contribution in [0.3, 0.4) is 0 Å². The number of carbonyl (C=O) groups excluding carboxylic acids is 2. The third-order valence-corrected chi connectivity index (χ3v) is 6.90. The number of hydrogen-bond donors (Lipinski definition) is 0. The zero-order valence-corrected chi connectivity index (χ0v) is 17.1. The molecule has 0 bridgehead atoms. The molecule has 10 heteroatoms. The van der Waals surface area contributed by atoms with Crippen LogP contribution in [-0.4, -0.2) is 42.9 Å². The molecule has 1 aromatic heterocycles. The van der Waals surface area contributed by atoms with Crippen LogP contribution < -0.4 is 0 Å². The Labute approximate surface area is 171 Å². The predicted molar refractivity (Wildman–Crippen MR) is 102 cm³/mol. The van der Waals surface area contributed by atoms with Crippen LogP contribution in [0.1, 0.15) is 50.1 Å². The van der Waals surface area contributed by atoms with Crippen LogP contribution in [0.5, 0.6) is 0 Å². The third-order valence-electron chi connectivity index (χ3n) is 5.15. The van der Waals surface area contributed by atoms with Crippen LogP contribution in [0.4, 0.5) is 13.2 Å². The molecule has 30 heavy (non-hydrogen) atoms. The molecule has 3 rings (SSSR count). The van der Waals surface area contributed by atoms with E-state index in [0.29, 0.717) is 17.8 Å². The van der Waals surface area contributed by atoms with Gasteiger partial charge in [-0.2, -0.15) is 13.2 Å². The second kappa shape index (κ2) is 7.90. The van der Waals surface area contributed by atoms with Crippen molar-refractivity contribution in [2.75, 3.05) is 18.1 Å². The summed E-state index contributed by atoms with van der Waals surface area (Å²) in [5.41, 5.74) is -0.339. The standard InChI is InChI=1S/C20H20F3NO5S/c1-12-9-16(13(2)24(12)14-7-8-30(27,28)11-14)18(25)10-29-19(26)15-5-3-4-6-17(15)20(21,22)23/h3-6,9,14H,7-8,10-11H2,1-2H3. The molecular formula is C20H20F3NO5S. The minimum Gasteiger partial charge on any atom is -0.454 e. The van der Waals surface area contributed by atoms with E-state index in [1.165, 1.54) is 6.07 Å². The fraction of sp³-hybridized carbons (Fsp3) is 0.400. The molecule has 0 amide bonds. The molecule has 0 radical (unpaired) electrons. The topological polar surface area (TPSA) is 82.4 Å². The average Bonchev–Trinajstić information content (AvgIpc) is 3.16. The van der Waals surface area contributed by atoms with Gasteiger partial charge in [0.15, 0.2) is 16.4 Å². The van der Waals surface area contributed by atoms with Crippen molar-refractivity contribution in [1.29, 1.82) is 0 Å². The molecule has 0 spiro atoms. The van der Waals surface area contributed by atoms with Crippen LogP contribution in [0.25, 0.3) is 0 Å². The second-order valence-electron chi connectivity index (χ2n) is 7.25. The van der Waals surface area contributed by atoms with Gasteiger partial charge in [-0.1, -0.05) is 12.1 Å². The monoisotopic (exact) mass is 443 g/mol. The zero-order chi connectivity index (χ0) is 22.3. The first-order valence-electron chi connectivity index (χ1n) is 9.16. The Morgan fingerprint density at radius 3 is 2.43 bits per heavy atom. The number of aryl methyl sites for hydroxylation is 1. The normalized spacial score (nSPS) is 18.4. The number of aromatic nitrogens is 1. The lowest BCUT2D eigenvalue weighted by molar-refractivity contribution is -0.138. The average molecular weight is 443 g/mol. The van der Waals surface area contributed by atoms with Crippen LogP contribution >= 0.6 is 0 Å². The number of esters is 1. The molecule has 1 saturated heterocycles. The summed E-state index contributed by atoms with van der Waals surface area (Å²) in [6.45, 7) is 2.67. The van der Waals surface area contributed by atoms with Gasteiger partial charge in [-0.3, -0.25) is 4.79 Å². The Kier molecular flexibility index (Phi) is 5.81. The Morgan fingerprint density at radius 1 is 1.17 bits per heavy atom. The van der Waals surface area contributed by atoms with E-state index in [4.69, 9.17) is 4.74 Å². The maximum absolute atomic E-state index is 13.1. The highest BCUT2D eigenvalue weighted by Gasteiger charge is 2.36. The zero-order valence-electron chi connectivity index (χ0n) is 16.3. The predicted octanol–water partition coefficient (Wildman–Crippen LogP) is 3.52. The molecule has 1 atom stereocenters. The van der Waals surface area contributed by atoms with Gasteiger partial charge < -0.3 is 9.30 Å². The van der Waals surface area contributed by atoms with Crippen molar-refractivity contribution in [2.45, 2.75) is 32.5 Å². The summed E-state index contributed by atoms with van der Waals surface area (Å²) in [6, 6.07) is 5.47. The molecule has 162 valence electrons. The highest BCUT2D eigenvalue weighted by atomic mass is 32.2. The molecule has 0 aliphatic carbocycles. The summed E-state index contributed by atoms with van der Waals surface area (Å²) in [6.07, 6.45) is -4.29. The summed E-state index contributed by atoms with van der Waals surface area (Å²) in [5, 5.41) is 0. The van der Waals surface area contributed by atoms with E-state index < -0.39 is 45.5 Å². The van der Waals surface area contributed by atoms with Gasteiger partial charge >= 0.3 is 12.1 Å². The van der Waals surface area contributed by atoms with Gasteiger partial charge in [0, 0.05) is 23.0 Å². The van der Waals surface area contributed by atoms with Crippen LogP contribution in [-0.2, 0) is 20.8 Å². The molecule has 1 unspecified atom stereocenters. The molecular weight excluding hydrogens is 423 g/mol. The lowest BCUT2D eigenvalue weighted by Gasteiger charge is -2.16. The van der Waals surface area contributed by atoms with E-state index in [1.807, 2.05) is 0 Å². The fourth-order valence-corrected chi connectivity index (χ4v) is 5.50. The van der Waals surface area contributed by atoms with E-state index in [9.17, 15) is 31.2 Å². The van der Waals surface area contributed by atoms with E-state index in [2.05, 4.69) is 0 Å². The van der Waals surface area contributed by atoms with Crippen molar-refractivity contribution >= 4 is 21.6 Å². The number of sulfone groups is 1. The van der Waals surface area contributed by atoms with Crippen molar-refractivity contribution in [3.63, 3.8) is 0 Å². The van der Waals surface area contributed by atoms with E-state index in [1.54, 1.807) is 24.5 Å². The van der Waals surface area contributed by atoms with E-state index >= 15 is 0 Å². The highest BCUT2D eigenvalue weighted by Crippen LogP contribution is 2.32. The number of Topliss-reactive ketones (excluding diaryl/α,β-unsaturated/α-hetero) is 1. The van der Waals surface area contributed by atoms with Gasteiger partial charge in [-0.15, -0.1) is 0 Å². The van der Waals surface area contributed by atoms with Gasteiger partial charge in [0.25, 0.3) is 0 Å². The largest absolute Gasteiger partial charge is 0.454 e. The van der Waals surface area contributed by atoms with Gasteiger partial charge in [-0.25, -0.2) is 13.2 Å². The minimum atomic E-state index is -4.73.